The second kappa shape index (κ2) is 6.89. The molecule has 3 nitrogen and oxygen atoms in total. The van der Waals surface area contributed by atoms with Gasteiger partial charge in [0.1, 0.15) is 5.76 Å². The summed E-state index contributed by atoms with van der Waals surface area (Å²) >= 11 is 3.50. The minimum Gasteiger partial charge on any atom is -0.468 e. The maximum absolute atomic E-state index is 5.56. The molecule has 0 saturated carbocycles. The van der Waals surface area contributed by atoms with Gasteiger partial charge in [0.2, 0.25) is 0 Å². The molecule has 1 aromatic carbocycles. The fourth-order valence-electron chi connectivity index (χ4n) is 2.10. The molecule has 0 amide bonds. The van der Waals surface area contributed by atoms with E-state index in [9.17, 15) is 0 Å². The quantitative estimate of drug-likeness (QED) is 0.883. The number of hydrogen-bond acceptors (Lipinski definition) is 3. The summed E-state index contributed by atoms with van der Waals surface area (Å²) in [4.78, 5) is 2.25. The lowest BCUT2D eigenvalue weighted by molar-refractivity contribution is 0.286. The molecule has 4 heteroatoms. The second-order valence-corrected chi connectivity index (χ2v) is 5.62. The Morgan fingerprint density at radius 2 is 2.11 bits per heavy atom. The number of nitrogens with one attached hydrogen (secondary N) is 1. The fourth-order valence-corrected chi connectivity index (χ4v) is 2.55. The van der Waals surface area contributed by atoms with Gasteiger partial charge in [-0.05, 0) is 37.9 Å². The molecule has 0 saturated heterocycles. The minimum atomic E-state index is 0.816. The predicted octanol–water partition coefficient (Wildman–Crippen LogP) is 3.39. The van der Waals surface area contributed by atoms with Gasteiger partial charge in [0.15, 0.2) is 0 Å². The Hall–Kier alpha value is -1.10. The first-order chi connectivity index (χ1) is 9.19. The summed E-state index contributed by atoms with van der Waals surface area (Å²) in [5, 5.41) is 3.16. The van der Waals surface area contributed by atoms with Crippen LogP contribution in [-0.4, -0.2) is 19.0 Å². The van der Waals surface area contributed by atoms with Crippen LogP contribution in [0.3, 0.4) is 0 Å². The third-order valence-corrected chi connectivity index (χ3v) is 3.45. The largest absolute Gasteiger partial charge is 0.468 e. The standard InChI is InChI=1S/C15H19BrN2O/c1-17-9-13-6-7-19-15(13)11-18(2)10-12-4-3-5-14(16)8-12/h3-8,17H,9-11H2,1-2H3. The van der Waals surface area contributed by atoms with E-state index in [0.717, 1.165) is 29.9 Å². The molecule has 0 bridgehead atoms. The first-order valence-electron chi connectivity index (χ1n) is 6.32. The van der Waals surface area contributed by atoms with Crippen LogP contribution in [0.2, 0.25) is 0 Å². The molecule has 0 spiro atoms. The number of nitrogens with zero attached hydrogens (tertiary/aromatic N) is 1. The van der Waals surface area contributed by atoms with E-state index in [1.165, 1.54) is 11.1 Å². The van der Waals surface area contributed by atoms with Crippen LogP contribution in [0.1, 0.15) is 16.9 Å². The third kappa shape index (κ3) is 4.20. The highest BCUT2D eigenvalue weighted by atomic mass is 79.9. The smallest absolute Gasteiger partial charge is 0.122 e. The Morgan fingerprint density at radius 3 is 2.84 bits per heavy atom. The van der Waals surface area contributed by atoms with Crippen LogP contribution in [0.25, 0.3) is 0 Å². The molecule has 2 rings (SSSR count). The first kappa shape index (κ1) is 14.3. The van der Waals surface area contributed by atoms with Gasteiger partial charge in [0.05, 0.1) is 12.8 Å². The zero-order valence-electron chi connectivity index (χ0n) is 11.3. The van der Waals surface area contributed by atoms with Gasteiger partial charge < -0.3 is 9.73 Å². The number of benzene rings is 1. The lowest BCUT2D eigenvalue weighted by atomic mass is 10.2. The van der Waals surface area contributed by atoms with Crippen molar-refractivity contribution in [3.63, 3.8) is 0 Å². The zero-order chi connectivity index (χ0) is 13.7. The molecular weight excluding hydrogens is 304 g/mol. The topological polar surface area (TPSA) is 28.4 Å². The summed E-state index contributed by atoms with van der Waals surface area (Å²) < 4.78 is 6.68. The molecule has 2 aromatic rings. The molecule has 0 atom stereocenters. The molecule has 1 N–H and O–H groups in total. The number of rotatable bonds is 6. The van der Waals surface area contributed by atoms with Crippen molar-refractivity contribution in [2.45, 2.75) is 19.6 Å². The Labute approximate surface area is 122 Å². The molecule has 0 aliphatic carbocycles. The van der Waals surface area contributed by atoms with E-state index in [4.69, 9.17) is 4.42 Å². The summed E-state index contributed by atoms with van der Waals surface area (Å²) in [5.41, 5.74) is 2.52. The Kier molecular flexibility index (Phi) is 5.19. The summed E-state index contributed by atoms with van der Waals surface area (Å²) in [6.45, 7) is 2.56. The third-order valence-electron chi connectivity index (χ3n) is 2.96. The summed E-state index contributed by atoms with van der Waals surface area (Å²) in [5.74, 6) is 1.03. The van der Waals surface area contributed by atoms with Crippen LogP contribution in [-0.2, 0) is 19.6 Å². The van der Waals surface area contributed by atoms with Crippen molar-refractivity contribution < 1.29 is 4.42 Å². The van der Waals surface area contributed by atoms with Gasteiger partial charge >= 0.3 is 0 Å². The van der Waals surface area contributed by atoms with Crippen molar-refractivity contribution in [3.8, 4) is 0 Å². The summed E-state index contributed by atoms with van der Waals surface area (Å²) in [6.07, 6.45) is 1.76. The highest BCUT2D eigenvalue weighted by Crippen LogP contribution is 2.16. The molecule has 1 aromatic heterocycles. The van der Waals surface area contributed by atoms with E-state index in [-0.39, 0.29) is 0 Å². The predicted molar refractivity (Wildman–Crippen MR) is 80.8 cm³/mol. The van der Waals surface area contributed by atoms with Gasteiger partial charge in [-0.25, -0.2) is 0 Å². The molecule has 0 aliphatic heterocycles. The molecule has 1 heterocycles. The highest BCUT2D eigenvalue weighted by Gasteiger charge is 2.09. The van der Waals surface area contributed by atoms with Crippen LogP contribution in [0.15, 0.2) is 45.5 Å². The van der Waals surface area contributed by atoms with Crippen molar-refractivity contribution in [3.05, 3.63) is 58.0 Å². The molecule has 0 radical (unpaired) electrons. The molecular formula is C15H19BrN2O. The van der Waals surface area contributed by atoms with Gasteiger partial charge in [0, 0.05) is 23.1 Å². The average Bonchev–Trinajstić information content (AvgIpc) is 2.77. The molecule has 102 valence electrons. The van der Waals surface area contributed by atoms with Crippen molar-refractivity contribution in [2.75, 3.05) is 14.1 Å². The van der Waals surface area contributed by atoms with Crippen LogP contribution in [0.4, 0.5) is 0 Å². The minimum absolute atomic E-state index is 0.816. The van der Waals surface area contributed by atoms with Gasteiger partial charge in [-0.3, -0.25) is 4.90 Å². The summed E-state index contributed by atoms with van der Waals surface area (Å²) in [6, 6.07) is 10.4. The van der Waals surface area contributed by atoms with E-state index in [0.29, 0.717) is 0 Å². The number of halogens is 1. The van der Waals surface area contributed by atoms with Crippen LogP contribution in [0, 0.1) is 0 Å². The van der Waals surface area contributed by atoms with Crippen molar-refractivity contribution in [1.82, 2.24) is 10.2 Å². The van der Waals surface area contributed by atoms with E-state index >= 15 is 0 Å². The van der Waals surface area contributed by atoms with E-state index in [1.807, 2.05) is 19.2 Å². The van der Waals surface area contributed by atoms with Crippen molar-refractivity contribution >= 4 is 15.9 Å². The van der Waals surface area contributed by atoms with E-state index < -0.39 is 0 Å². The van der Waals surface area contributed by atoms with Crippen LogP contribution < -0.4 is 5.32 Å². The van der Waals surface area contributed by atoms with E-state index in [1.54, 1.807) is 6.26 Å². The normalized spacial score (nSPS) is 11.2. The molecule has 0 unspecified atom stereocenters. The van der Waals surface area contributed by atoms with Gasteiger partial charge in [-0.15, -0.1) is 0 Å². The van der Waals surface area contributed by atoms with Gasteiger partial charge in [-0.1, -0.05) is 28.1 Å². The van der Waals surface area contributed by atoms with Gasteiger partial charge in [0.25, 0.3) is 0 Å². The lowest BCUT2D eigenvalue weighted by Gasteiger charge is -2.16. The zero-order valence-corrected chi connectivity index (χ0v) is 12.9. The van der Waals surface area contributed by atoms with Crippen molar-refractivity contribution in [1.29, 1.82) is 0 Å². The number of hydrogen-bond donors (Lipinski definition) is 1. The summed E-state index contributed by atoms with van der Waals surface area (Å²) in [7, 11) is 4.05. The van der Waals surface area contributed by atoms with Crippen LogP contribution >= 0.6 is 15.9 Å². The Bertz CT molecular complexity index is 524. The highest BCUT2D eigenvalue weighted by molar-refractivity contribution is 9.10. The fraction of sp³-hybridized carbons (Fsp3) is 0.333. The monoisotopic (exact) mass is 322 g/mol. The SMILES string of the molecule is CNCc1ccoc1CN(C)Cc1cccc(Br)c1. The van der Waals surface area contributed by atoms with Crippen molar-refractivity contribution in [2.24, 2.45) is 0 Å². The molecule has 0 aliphatic rings. The maximum Gasteiger partial charge on any atom is 0.122 e. The second-order valence-electron chi connectivity index (χ2n) is 4.70. The Morgan fingerprint density at radius 1 is 1.26 bits per heavy atom. The lowest BCUT2D eigenvalue weighted by Crippen LogP contribution is -2.18. The van der Waals surface area contributed by atoms with E-state index in [2.05, 4.69) is 51.4 Å². The molecule has 0 fully saturated rings. The first-order valence-corrected chi connectivity index (χ1v) is 7.11. The number of furan rings is 1. The molecule has 19 heavy (non-hydrogen) atoms. The maximum atomic E-state index is 5.56. The average molecular weight is 323 g/mol. The van der Waals surface area contributed by atoms with Gasteiger partial charge in [-0.2, -0.15) is 0 Å². The van der Waals surface area contributed by atoms with Crippen LogP contribution in [0.5, 0.6) is 0 Å². The Balaban J connectivity index is 1.97.